The lowest BCUT2D eigenvalue weighted by Gasteiger charge is -2.30. The maximum atomic E-state index is 12.9. The average molecular weight is 454 g/mol. The zero-order valence-electron chi connectivity index (χ0n) is 17.7. The van der Waals surface area contributed by atoms with Gasteiger partial charge in [-0.05, 0) is 43.9 Å². The molecule has 2 amide bonds. The average Bonchev–Trinajstić information content (AvgIpc) is 3.19. The van der Waals surface area contributed by atoms with E-state index >= 15 is 0 Å². The van der Waals surface area contributed by atoms with Gasteiger partial charge in [-0.3, -0.25) is 9.69 Å². The lowest BCUT2D eigenvalue weighted by atomic mass is 9.98. The normalized spacial score (nSPS) is 16.3. The molecule has 5 rings (SSSR count). The van der Waals surface area contributed by atoms with Gasteiger partial charge in [0.05, 0.1) is 12.2 Å². The Morgan fingerprint density at radius 1 is 1.22 bits per heavy atom. The van der Waals surface area contributed by atoms with E-state index in [2.05, 4.69) is 20.3 Å². The molecule has 10 heteroatoms. The second-order valence-electron chi connectivity index (χ2n) is 7.91. The minimum atomic E-state index is -0.355. The van der Waals surface area contributed by atoms with E-state index in [9.17, 15) is 9.59 Å². The zero-order chi connectivity index (χ0) is 22.1. The molecule has 1 aliphatic heterocycles. The first-order valence-corrected chi connectivity index (χ1v) is 11.5. The standard InChI is InChI=1S/C22H23N5O4S/c1-13(28)24-21-26-17-8-7-16(25-20(17)32-21)14-11-18-19(23-12-14)30-10-9-27(18)22(29)31-15-5-3-2-4-6-15/h7-8,11-12,15H,2-6,9-10H2,1H3,(H,24,26,28). The number of amides is 2. The lowest BCUT2D eigenvalue weighted by molar-refractivity contribution is -0.114. The molecule has 1 fully saturated rings. The van der Waals surface area contributed by atoms with Gasteiger partial charge in [0.2, 0.25) is 11.8 Å². The van der Waals surface area contributed by atoms with Crippen LogP contribution in [0.1, 0.15) is 39.0 Å². The Balaban J connectivity index is 1.42. The predicted molar refractivity (Wildman–Crippen MR) is 121 cm³/mol. The Morgan fingerprint density at radius 3 is 2.88 bits per heavy atom. The van der Waals surface area contributed by atoms with Gasteiger partial charge in [0.15, 0.2) is 5.13 Å². The third-order valence-corrected chi connectivity index (χ3v) is 6.43. The Morgan fingerprint density at radius 2 is 2.06 bits per heavy atom. The molecule has 0 saturated heterocycles. The molecule has 2 aliphatic rings. The van der Waals surface area contributed by atoms with Crippen molar-refractivity contribution in [2.45, 2.75) is 45.1 Å². The van der Waals surface area contributed by atoms with E-state index in [-0.39, 0.29) is 18.1 Å². The van der Waals surface area contributed by atoms with Crippen molar-refractivity contribution in [1.82, 2.24) is 15.0 Å². The van der Waals surface area contributed by atoms with E-state index in [4.69, 9.17) is 9.47 Å². The van der Waals surface area contributed by atoms with Crippen molar-refractivity contribution in [2.24, 2.45) is 0 Å². The Bertz CT molecular complexity index is 1170. The summed E-state index contributed by atoms with van der Waals surface area (Å²) in [7, 11) is 0. The molecule has 1 N–H and O–H groups in total. The molecule has 4 heterocycles. The topological polar surface area (TPSA) is 107 Å². The highest BCUT2D eigenvalue weighted by molar-refractivity contribution is 7.21. The highest BCUT2D eigenvalue weighted by Crippen LogP contribution is 2.35. The minimum Gasteiger partial charge on any atom is -0.474 e. The Labute approximate surface area is 188 Å². The summed E-state index contributed by atoms with van der Waals surface area (Å²) in [5, 5.41) is 3.19. The maximum absolute atomic E-state index is 12.9. The molecular formula is C22H23N5O4S. The highest BCUT2D eigenvalue weighted by atomic mass is 32.1. The summed E-state index contributed by atoms with van der Waals surface area (Å²) in [4.78, 5) is 40.0. The van der Waals surface area contributed by atoms with Crippen LogP contribution in [0.25, 0.3) is 21.6 Å². The summed E-state index contributed by atoms with van der Waals surface area (Å²) in [5.41, 5.74) is 2.73. The SMILES string of the molecule is CC(=O)Nc1nc2ccc(-c3cnc4c(c3)N(C(=O)OC3CCCCC3)CCO4)nc2s1. The van der Waals surface area contributed by atoms with Gasteiger partial charge in [0, 0.05) is 18.7 Å². The van der Waals surface area contributed by atoms with Crippen LogP contribution in [0.2, 0.25) is 0 Å². The highest BCUT2D eigenvalue weighted by Gasteiger charge is 2.29. The number of pyridine rings is 2. The van der Waals surface area contributed by atoms with E-state index in [1.54, 1.807) is 11.1 Å². The molecule has 3 aromatic heterocycles. The molecule has 32 heavy (non-hydrogen) atoms. The number of carbonyl (C=O) groups is 2. The van der Waals surface area contributed by atoms with E-state index in [1.807, 2.05) is 18.2 Å². The van der Waals surface area contributed by atoms with Gasteiger partial charge < -0.3 is 14.8 Å². The fourth-order valence-electron chi connectivity index (χ4n) is 4.00. The fraction of sp³-hybridized carbons (Fsp3) is 0.409. The molecule has 1 aliphatic carbocycles. The second-order valence-corrected chi connectivity index (χ2v) is 8.89. The van der Waals surface area contributed by atoms with Crippen LogP contribution in [-0.4, -0.2) is 46.2 Å². The van der Waals surface area contributed by atoms with Gasteiger partial charge in [-0.15, -0.1) is 0 Å². The lowest BCUT2D eigenvalue weighted by Crippen LogP contribution is -2.40. The van der Waals surface area contributed by atoms with Gasteiger partial charge in [0.25, 0.3) is 0 Å². The number of ether oxygens (including phenoxy) is 2. The largest absolute Gasteiger partial charge is 0.474 e. The molecule has 0 aromatic carbocycles. The van der Waals surface area contributed by atoms with Crippen LogP contribution < -0.4 is 15.0 Å². The van der Waals surface area contributed by atoms with E-state index in [0.717, 1.165) is 31.2 Å². The zero-order valence-corrected chi connectivity index (χ0v) is 18.5. The van der Waals surface area contributed by atoms with Crippen molar-refractivity contribution in [3.05, 3.63) is 24.4 Å². The first-order valence-electron chi connectivity index (χ1n) is 10.7. The van der Waals surface area contributed by atoms with Gasteiger partial charge in [0.1, 0.15) is 28.7 Å². The molecular weight excluding hydrogens is 430 g/mol. The molecule has 0 unspecified atom stereocenters. The van der Waals surface area contributed by atoms with E-state index in [0.29, 0.717) is 45.9 Å². The number of aromatic nitrogens is 3. The number of nitrogens with one attached hydrogen (secondary N) is 1. The van der Waals surface area contributed by atoms with Crippen LogP contribution in [0, 0.1) is 0 Å². The third-order valence-electron chi connectivity index (χ3n) is 5.55. The van der Waals surface area contributed by atoms with Gasteiger partial charge in [-0.2, -0.15) is 0 Å². The summed E-state index contributed by atoms with van der Waals surface area (Å²) in [6.07, 6.45) is 6.53. The van der Waals surface area contributed by atoms with Crippen molar-refractivity contribution >= 4 is 44.5 Å². The molecule has 3 aromatic rings. The third kappa shape index (κ3) is 4.22. The minimum absolute atomic E-state index is 0.0214. The molecule has 0 spiro atoms. The number of hydrogen-bond acceptors (Lipinski definition) is 8. The number of thiazole rings is 1. The van der Waals surface area contributed by atoms with Crippen LogP contribution in [-0.2, 0) is 9.53 Å². The quantitative estimate of drug-likeness (QED) is 0.627. The van der Waals surface area contributed by atoms with E-state index < -0.39 is 0 Å². The summed E-state index contributed by atoms with van der Waals surface area (Å²) in [6, 6.07) is 5.55. The molecule has 0 atom stereocenters. The molecule has 0 bridgehead atoms. The smallest absolute Gasteiger partial charge is 0.414 e. The second kappa shape index (κ2) is 8.70. The summed E-state index contributed by atoms with van der Waals surface area (Å²) in [6.45, 7) is 2.22. The van der Waals surface area contributed by atoms with Crippen LogP contribution in [0.3, 0.4) is 0 Å². The molecule has 166 valence electrons. The fourth-order valence-corrected chi connectivity index (χ4v) is 4.88. The predicted octanol–water partition coefficient (Wildman–Crippen LogP) is 4.38. The van der Waals surface area contributed by atoms with Crippen LogP contribution in [0.4, 0.5) is 15.6 Å². The summed E-state index contributed by atoms with van der Waals surface area (Å²) in [5.74, 6) is 0.232. The monoisotopic (exact) mass is 453 g/mol. The van der Waals surface area contributed by atoms with Gasteiger partial charge in [-0.1, -0.05) is 17.8 Å². The van der Waals surface area contributed by atoms with Crippen LogP contribution in [0.5, 0.6) is 5.88 Å². The van der Waals surface area contributed by atoms with Crippen molar-refractivity contribution < 1.29 is 19.1 Å². The van der Waals surface area contributed by atoms with E-state index in [1.165, 1.54) is 24.7 Å². The van der Waals surface area contributed by atoms with Gasteiger partial charge in [-0.25, -0.2) is 19.7 Å². The maximum Gasteiger partial charge on any atom is 0.414 e. The Kier molecular flexibility index (Phi) is 5.60. The van der Waals surface area contributed by atoms with Crippen LogP contribution >= 0.6 is 11.3 Å². The number of anilines is 2. The van der Waals surface area contributed by atoms with Gasteiger partial charge >= 0.3 is 6.09 Å². The Hall–Kier alpha value is -3.27. The number of carbonyl (C=O) groups excluding carboxylic acids is 2. The molecule has 9 nitrogen and oxygen atoms in total. The van der Waals surface area contributed by atoms with Crippen molar-refractivity contribution in [1.29, 1.82) is 0 Å². The van der Waals surface area contributed by atoms with Crippen molar-refractivity contribution in [2.75, 3.05) is 23.4 Å². The number of fused-ring (bicyclic) bond motifs is 2. The number of nitrogens with zero attached hydrogens (tertiary/aromatic N) is 4. The summed E-state index contributed by atoms with van der Waals surface area (Å²) >= 11 is 1.30. The first-order chi connectivity index (χ1) is 15.6. The van der Waals surface area contributed by atoms with Crippen molar-refractivity contribution in [3.63, 3.8) is 0 Å². The molecule has 0 radical (unpaired) electrons. The first kappa shape index (κ1) is 20.6. The van der Waals surface area contributed by atoms with Crippen LogP contribution in [0.15, 0.2) is 24.4 Å². The summed E-state index contributed by atoms with van der Waals surface area (Å²) < 4.78 is 11.4. The van der Waals surface area contributed by atoms with Crippen molar-refractivity contribution in [3.8, 4) is 17.1 Å². The number of hydrogen-bond donors (Lipinski definition) is 1. The number of rotatable bonds is 3. The molecule has 1 saturated carbocycles.